The number of fused-ring (bicyclic) bond motifs is 1. The maximum Gasteiger partial charge on any atom is 0.169 e. The van der Waals surface area contributed by atoms with E-state index in [1.807, 2.05) is 6.07 Å². The first-order valence-electron chi connectivity index (χ1n) is 6.72. The summed E-state index contributed by atoms with van der Waals surface area (Å²) in [7, 11) is 1.73. The van der Waals surface area contributed by atoms with Crippen LogP contribution in [-0.4, -0.2) is 19.0 Å². The van der Waals surface area contributed by atoms with Crippen LogP contribution in [0.1, 0.15) is 41.6 Å². The van der Waals surface area contributed by atoms with Crippen molar-refractivity contribution >= 4 is 11.5 Å². The molecular formula is C15H17NO3. The van der Waals surface area contributed by atoms with Crippen molar-refractivity contribution in [2.24, 2.45) is 10.6 Å². The van der Waals surface area contributed by atoms with Crippen molar-refractivity contribution in [3.63, 3.8) is 0 Å². The zero-order valence-corrected chi connectivity index (χ0v) is 11.0. The van der Waals surface area contributed by atoms with E-state index in [1.165, 1.54) is 0 Å². The normalized spacial score (nSPS) is 29.5. The second-order valence-electron chi connectivity index (χ2n) is 5.65. The van der Waals surface area contributed by atoms with Crippen LogP contribution >= 0.6 is 0 Å². The number of nitroso groups, excluding NO2 is 1. The molecule has 0 atom stereocenters. The predicted molar refractivity (Wildman–Crippen MR) is 71.6 cm³/mol. The summed E-state index contributed by atoms with van der Waals surface area (Å²) in [5, 5.41) is 2.92. The average molecular weight is 259 g/mol. The highest BCUT2D eigenvalue weighted by Gasteiger charge is 2.47. The highest BCUT2D eigenvalue weighted by molar-refractivity contribution is 6.05. The quantitative estimate of drug-likeness (QED) is 0.765. The molecule has 0 bridgehead atoms. The maximum atomic E-state index is 12.7. The Morgan fingerprint density at radius 2 is 2.05 bits per heavy atom. The second kappa shape index (κ2) is 4.53. The number of hydrogen-bond donors (Lipinski definition) is 0. The van der Waals surface area contributed by atoms with Gasteiger partial charge >= 0.3 is 0 Å². The number of ketones is 1. The molecule has 1 fully saturated rings. The average Bonchev–Trinajstić information content (AvgIpc) is 2.72. The molecule has 2 aliphatic carbocycles. The van der Waals surface area contributed by atoms with Crippen molar-refractivity contribution in [1.29, 1.82) is 0 Å². The molecule has 19 heavy (non-hydrogen) atoms. The first kappa shape index (κ1) is 12.5. The number of Topliss-reactive ketones (excluding diaryl/α,β-unsaturated/α-hetero) is 1. The van der Waals surface area contributed by atoms with E-state index in [0.29, 0.717) is 11.3 Å². The van der Waals surface area contributed by atoms with Gasteiger partial charge in [0.1, 0.15) is 5.69 Å². The lowest BCUT2D eigenvalue weighted by atomic mass is 9.70. The van der Waals surface area contributed by atoms with E-state index in [1.54, 1.807) is 19.2 Å². The van der Waals surface area contributed by atoms with Crippen LogP contribution in [0.5, 0.6) is 0 Å². The molecule has 0 unspecified atom stereocenters. The lowest BCUT2D eigenvalue weighted by molar-refractivity contribution is 0.0285. The molecule has 4 nitrogen and oxygen atoms in total. The summed E-state index contributed by atoms with van der Waals surface area (Å²) in [4.78, 5) is 23.2. The monoisotopic (exact) mass is 259 g/mol. The molecule has 0 aromatic heterocycles. The number of rotatable bonds is 2. The Labute approximate surface area is 112 Å². The minimum atomic E-state index is -0.251. The molecule has 100 valence electrons. The Kier molecular flexibility index (Phi) is 2.97. The molecular weight excluding hydrogens is 242 g/mol. The van der Waals surface area contributed by atoms with Gasteiger partial charge in [-0.15, -0.1) is 4.91 Å². The fourth-order valence-electron chi connectivity index (χ4n) is 3.50. The fourth-order valence-corrected chi connectivity index (χ4v) is 3.50. The van der Waals surface area contributed by atoms with Crippen LogP contribution in [0.25, 0.3) is 0 Å². The Morgan fingerprint density at radius 1 is 1.32 bits per heavy atom. The molecule has 0 amide bonds. The van der Waals surface area contributed by atoms with Crippen LogP contribution < -0.4 is 0 Å². The van der Waals surface area contributed by atoms with Crippen LogP contribution in [0.3, 0.4) is 0 Å². The summed E-state index contributed by atoms with van der Waals surface area (Å²) >= 11 is 0. The smallest absolute Gasteiger partial charge is 0.169 e. The highest BCUT2D eigenvalue weighted by atomic mass is 16.5. The molecule has 1 saturated carbocycles. The van der Waals surface area contributed by atoms with Crippen molar-refractivity contribution in [2.75, 3.05) is 7.11 Å². The molecule has 1 aromatic rings. The predicted octanol–water partition coefficient (Wildman–Crippen LogP) is 3.40. The maximum absolute atomic E-state index is 12.7. The lowest BCUT2D eigenvalue weighted by Gasteiger charge is -2.35. The van der Waals surface area contributed by atoms with Gasteiger partial charge in [-0.25, -0.2) is 0 Å². The first-order chi connectivity index (χ1) is 9.18. The summed E-state index contributed by atoms with van der Waals surface area (Å²) in [5.74, 6) is 0.197. The number of methoxy groups -OCH3 is 1. The van der Waals surface area contributed by atoms with Crippen molar-refractivity contribution < 1.29 is 9.53 Å². The van der Waals surface area contributed by atoms with Crippen molar-refractivity contribution in [3.05, 3.63) is 34.2 Å². The van der Waals surface area contributed by atoms with Crippen molar-refractivity contribution in [1.82, 2.24) is 0 Å². The van der Waals surface area contributed by atoms with Gasteiger partial charge in [-0.2, -0.15) is 0 Å². The number of benzene rings is 1. The lowest BCUT2D eigenvalue weighted by Crippen LogP contribution is -2.35. The molecule has 0 radical (unpaired) electrons. The standard InChI is InChI=1S/C15H17NO3/c1-19-12-4-6-15(7-5-12)9-10-2-3-11(16-18)8-13(10)14(15)17/h2-3,8,12H,4-7,9H2,1H3. The van der Waals surface area contributed by atoms with Gasteiger partial charge in [0.05, 0.1) is 6.10 Å². The molecule has 0 heterocycles. The summed E-state index contributed by atoms with van der Waals surface area (Å²) in [6, 6.07) is 5.21. The van der Waals surface area contributed by atoms with Crippen LogP contribution in [0.2, 0.25) is 0 Å². The second-order valence-corrected chi connectivity index (χ2v) is 5.65. The van der Waals surface area contributed by atoms with E-state index in [9.17, 15) is 9.70 Å². The topological polar surface area (TPSA) is 55.7 Å². The third kappa shape index (κ3) is 1.91. The molecule has 4 heteroatoms. The fraction of sp³-hybridized carbons (Fsp3) is 0.533. The van der Waals surface area contributed by atoms with Gasteiger partial charge in [-0.1, -0.05) is 6.07 Å². The SMILES string of the molecule is COC1CCC2(CC1)Cc1ccc(N=O)cc1C2=O. The van der Waals surface area contributed by atoms with E-state index >= 15 is 0 Å². The van der Waals surface area contributed by atoms with Gasteiger partial charge in [-0.05, 0) is 55.0 Å². The Bertz CT molecular complexity index is 530. The summed E-state index contributed by atoms with van der Waals surface area (Å²) in [5.41, 5.74) is 1.86. The highest BCUT2D eigenvalue weighted by Crippen LogP contribution is 2.48. The summed E-state index contributed by atoms with van der Waals surface area (Å²) in [6.07, 6.45) is 4.72. The van der Waals surface area contributed by atoms with Crippen LogP contribution in [0, 0.1) is 10.3 Å². The van der Waals surface area contributed by atoms with E-state index in [-0.39, 0.29) is 17.3 Å². The van der Waals surface area contributed by atoms with Crippen LogP contribution in [0.4, 0.5) is 5.69 Å². The largest absolute Gasteiger partial charge is 0.381 e. The number of hydrogen-bond acceptors (Lipinski definition) is 4. The minimum Gasteiger partial charge on any atom is -0.381 e. The Balaban J connectivity index is 1.89. The van der Waals surface area contributed by atoms with Gasteiger partial charge in [-0.3, -0.25) is 4.79 Å². The molecule has 2 aliphatic rings. The van der Waals surface area contributed by atoms with Gasteiger partial charge in [0, 0.05) is 18.1 Å². The zero-order valence-electron chi connectivity index (χ0n) is 11.0. The number of nitrogens with zero attached hydrogens (tertiary/aromatic N) is 1. The van der Waals surface area contributed by atoms with E-state index in [4.69, 9.17) is 4.74 Å². The zero-order chi connectivity index (χ0) is 13.5. The van der Waals surface area contributed by atoms with Crippen molar-refractivity contribution in [3.8, 4) is 0 Å². The van der Waals surface area contributed by atoms with Crippen LogP contribution in [0.15, 0.2) is 23.4 Å². The molecule has 0 saturated heterocycles. The Morgan fingerprint density at radius 3 is 2.68 bits per heavy atom. The number of carbonyl (C=O) groups is 1. The van der Waals surface area contributed by atoms with E-state index in [0.717, 1.165) is 37.7 Å². The van der Waals surface area contributed by atoms with Gasteiger partial charge < -0.3 is 4.74 Å². The van der Waals surface area contributed by atoms with E-state index < -0.39 is 0 Å². The van der Waals surface area contributed by atoms with Crippen molar-refractivity contribution in [2.45, 2.75) is 38.2 Å². The summed E-state index contributed by atoms with van der Waals surface area (Å²) in [6.45, 7) is 0. The van der Waals surface area contributed by atoms with Gasteiger partial charge in [0.15, 0.2) is 5.78 Å². The molecule has 1 aromatic carbocycles. The molecule has 3 rings (SSSR count). The first-order valence-corrected chi connectivity index (χ1v) is 6.72. The third-order valence-electron chi connectivity index (χ3n) is 4.68. The minimum absolute atomic E-state index is 0.197. The molecule has 1 spiro atoms. The van der Waals surface area contributed by atoms with E-state index in [2.05, 4.69) is 5.18 Å². The van der Waals surface area contributed by atoms with Gasteiger partial charge in [0.25, 0.3) is 0 Å². The van der Waals surface area contributed by atoms with Crippen LogP contribution in [-0.2, 0) is 11.2 Å². The third-order valence-corrected chi connectivity index (χ3v) is 4.68. The Hall–Kier alpha value is -1.55. The molecule has 0 aliphatic heterocycles. The number of carbonyl (C=O) groups excluding carboxylic acids is 1. The summed E-state index contributed by atoms with van der Waals surface area (Å²) < 4.78 is 5.38. The van der Waals surface area contributed by atoms with Gasteiger partial charge in [0.2, 0.25) is 0 Å². The number of ether oxygens (including phenoxy) is 1. The molecule has 0 N–H and O–H groups in total.